The second kappa shape index (κ2) is 5.59. The maximum atomic E-state index is 4.69. The van der Waals surface area contributed by atoms with Crippen molar-refractivity contribution in [3.8, 4) is 0 Å². The van der Waals surface area contributed by atoms with Crippen molar-refractivity contribution >= 4 is 28.6 Å². The topological polar surface area (TPSA) is 88.8 Å². The van der Waals surface area contributed by atoms with E-state index in [0.717, 1.165) is 11.3 Å². The zero-order valence-electron chi connectivity index (χ0n) is 13.0. The summed E-state index contributed by atoms with van der Waals surface area (Å²) in [6.07, 6.45) is 0. The normalized spacial score (nSPS) is 11.1. The van der Waals surface area contributed by atoms with Gasteiger partial charge in [0.05, 0.1) is 0 Å². The number of nitrogens with zero attached hydrogens (tertiary/aromatic N) is 4. The maximum Gasteiger partial charge on any atom is 0.245 e. The molecule has 0 atom stereocenters. The molecule has 0 unspecified atom stereocenters. The molecule has 0 spiro atoms. The molecule has 114 valence electrons. The van der Waals surface area contributed by atoms with Gasteiger partial charge in [-0.05, 0) is 55.2 Å². The van der Waals surface area contributed by atoms with Gasteiger partial charge in [-0.15, -0.1) is 0 Å². The van der Waals surface area contributed by atoms with E-state index in [4.69, 9.17) is 4.63 Å². The van der Waals surface area contributed by atoms with Crippen LogP contribution in [-0.2, 0) is 0 Å². The van der Waals surface area contributed by atoms with Crippen LogP contribution in [0.5, 0.6) is 0 Å². The van der Waals surface area contributed by atoms with Gasteiger partial charge in [-0.3, -0.25) is 0 Å². The van der Waals surface area contributed by atoms with Gasteiger partial charge < -0.3 is 10.6 Å². The number of fused-ring (bicyclic) bond motifs is 1. The first-order chi connectivity index (χ1) is 10.5. The molecule has 0 saturated heterocycles. The molecule has 0 fully saturated rings. The predicted molar refractivity (Wildman–Crippen MR) is 85.4 cm³/mol. The highest BCUT2D eigenvalue weighted by atomic mass is 16.6. The minimum Gasteiger partial charge on any atom is -0.365 e. The molecule has 0 saturated carbocycles. The highest BCUT2D eigenvalue weighted by Gasteiger charge is 2.14. The van der Waals surface area contributed by atoms with E-state index in [0.29, 0.717) is 22.9 Å². The lowest BCUT2D eigenvalue weighted by Crippen LogP contribution is -2.14. The molecule has 22 heavy (non-hydrogen) atoms. The number of aromatic nitrogens is 4. The maximum absolute atomic E-state index is 4.69. The van der Waals surface area contributed by atoms with E-state index in [2.05, 4.69) is 49.1 Å². The standard InChI is InChI=1S/C15H18N6O/c1-8(2)16-12-13(19-15-14(18-12)20-22-21-15)17-11-7-9(3)5-6-10(11)4/h5-8H,1-4H3,(H,16,18,20)(H,17,19,21). The monoisotopic (exact) mass is 298 g/mol. The summed E-state index contributed by atoms with van der Waals surface area (Å²) in [6.45, 7) is 8.17. The van der Waals surface area contributed by atoms with Crippen LogP contribution in [-0.4, -0.2) is 26.3 Å². The van der Waals surface area contributed by atoms with Crippen LogP contribution in [0.1, 0.15) is 25.0 Å². The smallest absolute Gasteiger partial charge is 0.245 e. The summed E-state index contributed by atoms with van der Waals surface area (Å²) in [5, 5.41) is 14.1. The van der Waals surface area contributed by atoms with Gasteiger partial charge in [0.15, 0.2) is 11.6 Å². The van der Waals surface area contributed by atoms with E-state index in [9.17, 15) is 0 Å². The Labute approximate surface area is 128 Å². The van der Waals surface area contributed by atoms with Crippen LogP contribution in [0.15, 0.2) is 22.8 Å². The highest BCUT2D eigenvalue weighted by Crippen LogP contribution is 2.26. The van der Waals surface area contributed by atoms with Crippen molar-refractivity contribution in [2.45, 2.75) is 33.7 Å². The Bertz CT molecular complexity index is 811. The molecule has 0 bridgehead atoms. The summed E-state index contributed by atoms with van der Waals surface area (Å²) in [5.41, 5.74) is 4.04. The first-order valence-corrected chi connectivity index (χ1v) is 7.14. The third kappa shape index (κ3) is 2.83. The Morgan fingerprint density at radius 2 is 1.68 bits per heavy atom. The number of benzene rings is 1. The van der Waals surface area contributed by atoms with Crippen molar-refractivity contribution in [1.29, 1.82) is 0 Å². The number of hydrogen-bond acceptors (Lipinski definition) is 7. The largest absolute Gasteiger partial charge is 0.365 e. The van der Waals surface area contributed by atoms with Crippen LogP contribution in [0, 0.1) is 13.8 Å². The lowest BCUT2D eigenvalue weighted by molar-refractivity contribution is 0.314. The van der Waals surface area contributed by atoms with E-state index in [1.165, 1.54) is 5.56 Å². The van der Waals surface area contributed by atoms with Crippen molar-refractivity contribution in [3.63, 3.8) is 0 Å². The number of nitrogens with one attached hydrogen (secondary N) is 2. The third-order valence-corrected chi connectivity index (χ3v) is 3.19. The fraction of sp³-hybridized carbons (Fsp3) is 0.333. The average molecular weight is 298 g/mol. The molecule has 0 radical (unpaired) electrons. The molecule has 0 aliphatic rings. The van der Waals surface area contributed by atoms with Gasteiger partial charge in [0.25, 0.3) is 0 Å². The quantitative estimate of drug-likeness (QED) is 0.764. The summed E-state index contributed by atoms with van der Waals surface area (Å²) in [6, 6.07) is 6.42. The molecule has 7 nitrogen and oxygen atoms in total. The van der Waals surface area contributed by atoms with Gasteiger partial charge in [0, 0.05) is 11.7 Å². The van der Waals surface area contributed by atoms with Crippen LogP contribution < -0.4 is 10.6 Å². The minimum atomic E-state index is 0.214. The Kier molecular flexibility index (Phi) is 3.62. The zero-order chi connectivity index (χ0) is 15.7. The Morgan fingerprint density at radius 1 is 1.00 bits per heavy atom. The van der Waals surface area contributed by atoms with Gasteiger partial charge >= 0.3 is 0 Å². The van der Waals surface area contributed by atoms with E-state index < -0.39 is 0 Å². The lowest BCUT2D eigenvalue weighted by atomic mass is 10.1. The molecule has 7 heteroatoms. The molecule has 1 aromatic carbocycles. The van der Waals surface area contributed by atoms with Crippen LogP contribution in [0.3, 0.4) is 0 Å². The molecule has 3 rings (SSSR count). The molecule has 0 amide bonds. The van der Waals surface area contributed by atoms with E-state index in [1.807, 2.05) is 27.7 Å². The van der Waals surface area contributed by atoms with Crippen molar-refractivity contribution in [1.82, 2.24) is 20.3 Å². The van der Waals surface area contributed by atoms with Gasteiger partial charge in [-0.25, -0.2) is 14.6 Å². The van der Waals surface area contributed by atoms with E-state index in [1.54, 1.807) is 0 Å². The second-order valence-electron chi connectivity index (χ2n) is 5.57. The Balaban J connectivity index is 2.05. The summed E-state index contributed by atoms with van der Waals surface area (Å²) in [5.74, 6) is 1.23. The summed E-state index contributed by atoms with van der Waals surface area (Å²) in [4.78, 5) is 8.87. The van der Waals surface area contributed by atoms with Crippen LogP contribution in [0.2, 0.25) is 0 Å². The molecule has 2 heterocycles. The molecule has 0 aliphatic carbocycles. The first-order valence-electron chi connectivity index (χ1n) is 7.14. The number of hydrogen-bond donors (Lipinski definition) is 2. The molecule has 2 N–H and O–H groups in total. The van der Waals surface area contributed by atoms with Crippen molar-refractivity contribution in [2.24, 2.45) is 0 Å². The summed E-state index contributed by atoms with van der Waals surface area (Å²) < 4.78 is 4.69. The van der Waals surface area contributed by atoms with E-state index >= 15 is 0 Å². The van der Waals surface area contributed by atoms with Gasteiger partial charge in [0.2, 0.25) is 11.3 Å². The SMILES string of the molecule is Cc1ccc(C)c(Nc2nc3nonc3nc2NC(C)C)c1. The molecule has 3 aromatic rings. The third-order valence-electron chi connectivity index (χ3n) is 3.19. The Hall–Kier alpha value is -2.70. The lowest BCUT2D eigenvalue weighted by Gasteiger charge is -2.15. The molecule has 0 aliphatic heterocycles. The van der Waals surface area contributed by atoms with Gasteiger partial charge in [0.1, 0.15) is 0 Å². The highest BCUT2D eigenvalue weighted by molar-refractivity contribution is 5.77. The fourth-order valence-electron chi connectivity index (χ4n) is 2.10. The molecular weight excluding hydrogens is 280 g/mol. The minimum absolute atomic E-state index is 0.214. The van der Waals surface area contributed by atoms with Crippen molar-refractivity contribution < 1.29 is 4.63 Å². The number of anilines is 3. The first kappa shape index (κ1) is 14.2. The summed E-state index contributed by atoms with van der Waals surface area (Å²) in [7, 11) is 0. The number of rotatable bonds is 4. The predicted octanol–water partition coefficient (Wildman–Crippen LogP) is 3.19. The van der Waals surface area contributed by atoms with Crippen LogP contribution in [0.25, 0.3) is 11.3 Å². The van der Waals surface area contributed by atoms with Gasteiger partial charge in [-0.2, -0.15) is 0 Å². The van der Waals surface area contributed by atoms with Crippen LogP contribution in [0.4, 0.5) is 17.3 Å². The van der Waals surface area contributed by atoms with Gasteiger partial charge in [-0.1, -0.05) is 12.1 Å². The molecular formula is C15H18N6O. The van der Waals surface area contributed by atoms with Crippen molar-refractivity contribution in [3.05, 3.63) is 29.3 Å². The average Bonchev–Trinajstić information content (AvgIpc) is 2.89. The van der Waals surface area contributed by atoms with Crippen molar-refractivity contribution in [2.75, 3.05) is 10.6 Å². The Morgan fingerprint density at radius 3 is 2.36 bits per heavy atom. The van der Waals surface area contributed by atoms with E-state index in [-0.39, 0.29) is 6.04 Å². The second-order valence-corrected chi connectivity index (χ2v) is 5.57. The number of aryl methyl sites for hydroxylation is 2. The summed E-state index contributed by atoms with van der Waals surface area (Å²) >= 11 is 0. The van der Waals surface area contributed by atoms with Crippen LogP contribution >= 0.6 is 0 Å². The fourth-order valence-corrected chi connectivity index (χ4v) is 2.10. The molecule has 2 aromatic heterocycles. The zero-order valence-corrected chi connectivity index (χ0v) is 13.0.